The average molecular weight is 512 g/mol. The number of ether oxygens (including phenoxy) is 1. The number of nitrogens with zero attached hydrogens (tertiary/aromatic N) is 2. The van der Waals surface area contributed by atoms with Crippen molar-refractivity contribution in [1.29, 1.82) is 0 Å². The van der Waals surface area contributed by atoms with Gasteiger partial charge in [0.05, 0.1) is 5.01 Å². The Morgan fingerprint density at radius 1 is 1.09 bits per heavy atom. The lowest BCUT2D eigenvalue weighted by atomic mass is 9.97. The molecule has 1 fully saturated rings. The first-order valence-electron chi connectivity index (χ1n) is 11.8. The molecule has 2 amide bonds. The molecular formula is C27H30ClN3O3S. The Kier molecular flexibility index (Phi) is 8.08. The van der Waals surface area contributed by atoms with Crippen molar-refractivity contribution < 1.29 is 14.3 Å². The van der Waals surface area contributed by atoms with Gasteiger partial charge in [0, 0.05) is 36.0 Å². The fraction of sp³-hybridized carbons (Fsp3) is 0.370. The topological polar surface area (TPSA) is 71.5 Å². The smallest absolute Gasteiger partial charge is 0.271 e. The lowest BCUT2D eigenvalue weighted by Crippen LogP contribution is -2.40. The number of rotatable bonds is 7. The number of amides is 2. The Morgan fingerprint density at radius 2 is 1.86 bits per heavy atom. The largest absolute Gasteiger partial charge is 0.484 e. The highest BCUT2D eigenvalue weighted by Gasteiger charge is 2.26. The Bertz CT molecular complexity index is 1220. The van der Waals surface area contributed by atoms with Gasteiger partial charge in [-0.05, 0) is 80.1 Å². The molecule has 8 heteroatoms. The van der Waals surface area contributed by atoms with Gasteiger partial charge in [-0.3, -0.25) is 9.59 Å². The van der Waals surface area contributed by atoms with Crippen LogP contribution in [-0.4, -0.2) is 41.4 Å². The van der Waals surface area contributed by atoms with Crippen molar-refractivity contribution in [2.45, 2.75) is 46.1 Å². The number of carbonyl (C=O) groups is 2. The van der Waals surface area contributed by atoms with E-state index in [4.69, 9.17) is 16.3 Å². The van der Waals surface area contributed by atoms with Gasteiger partial charge in [0.1, 0.15) is 11.4 Å². The van der Waals surface area contributed by atoms with Crippen molar-refractivity contribution in [2.24, 2.45) is 0 Å². The van der Waals surface area contributed by atoms with Gasteiger partial charge in [0.2, 0.25) is 0 Å². The Morgan fingerprint density at radius 3 is 2.57 bits per heavy atom. The van der Waals surface area contributed by atoms with E-state index in [9.17, 15) is 9.59 Å². The maximum absolute atomic E-state index is 12.6. The van der Waals surface area contributed by atoms with Crippen molar-refractivity contribution in [3.05, 3.63) is 79.8 Å². The first kappa shape index (κ1) is 25.2. The number of aryl methyl sites for hydroxylation is 3. The van der Waals surface area contributed by atoms with E-state index in [1.807, 2.05) is 60.5 Å². The summed E-state index contributed by atoms with van der Waals surface area (Å²) < 4.78 is 5.71. The monoisotopic (exact) mass is 511 g/mol. The molecule has 1 saturated heterocycles. The molecule has 2 aromatic carbocycles. The Hall–Kier alpha value is -2.90. The summed E-state index contributed by atoms with van der Waals surface area (Å²) in [4.78, 5) is 31.7. The molecular weight excluding hydrogens is 482 g/mol. The lowest BCUT2D eigenvalue weighted by Gasteiger charge is -2.31. The molecule has 0 saturated carbocycles. The molecule has 6 nitrogen and oxygen atoms in total. The number of hydrogen-bond acceptors (Lipinski definition) is 5. The predicted octanol–water partition coefficient (Wildman–Crippen LogP) is 5.44. The van der Waals surface area contributed by atoms with Crippen molar-refractivity contribution in [2.75, 3.05) is 19.7 Å². The zero-order valence-corrected chi connectivity index (χ0v) is 21.8. The molecule has 0 spiro atoms. The van der Waals surface area contributed by atoms with Crippen molar-refractivity contribution in [3.8, 4) is 5.75 Å². The Balaban J connectivity index is 1.25. The molecule has 1 N–H and O–H groups in total. The number of aromatic nitrogens is 1. The first-order chi connectivity index (χ1) is 16.8. The second-order valence-corrected chi connectivity index (χ2v) is 10.3. The number of halogens is 1. The minimum atomic E-state index is -0.182. The maximum atomic E-state index is 12.6. The molecule has 3 aromatic rings. The van der Waals surface area contributed by atoms with E-state index < -0.39 is 0 Å². The van der Waals surface area contributed by atoms with Gasteiger partial charge in [-0.1, -0.05) is 23.7 Å². The summed E-state index contributed by atoms with van der Waals surface area (Å²) in [5, 5.41) is 6.40. The van der Waals surface area contributed by atoms with E-state index in [0.29, 0.717) is 30.4 Å². The summed E-state index contributed by atoms with van der Waals surface area (Å²) in [5.74, 6) is 0.789. The number of thiazole rings is 1. The van der Waals surface area contributed by atoms with E-state index in [-0.39, 0.29) is 24.3 Å². The molecule has 0 unspecified atom stereocenters. The van der Waals surface area contributed by atoms with Crippen LogP contribution in [0, 0.1) is 20.8 Å². The summed E-state index contributed by atoms with van der Waals surface area (Å²) in [6, 6.07) is 11.5. The molecule has 1 aliphatic rings. The van der Waals surface area contributed by atoms with Crippen LogP contribution in [0.15, 0.2) is 41.8 Å². The van der Waals surface area contributed by atoms with Crippen molar-refractivity contribution in [1.82, 2.24) is 15.2 Å². The van der Waals surface area contributed by atoms with Crippen LogP contribution >= 0.6 is 22.9 Å². The maximum Gasteiger partial charge on any atom is 0.271 e. The van der Waals surface area contributed by atoms with Gasteiger partial charge in [0.15, 0.2) is 6.61 Å². The van der Waals surface area contributed by atoms with Gasteiger partial charge in [-0.2, -0.15) is 0 Å². The Labute approximate surface area is 215 Å². The van der Waals surface area contributed by atoms with Gasteiger partial charge in [-0.25, -0.2) is 4.98 Å². The van der Waals surface area contributed by atoms with E-state index in [0.717, 1.165) is 40.3 Å². The summed E-state index contributed by atoms with van der Waals surface area (Å²) in [6.07, 6.45) is 1.65. The zero-order chi connectivity index (χ0) is 24.9. The number of piperidine rings is 1. The molecule has 4 rings (SSSR count). The van der Waals surface area contributed by atoms with Crippen LogP contribution in [0.2, 0.25) is 5.02 Å². The van der Waals surface area contributed by atoms with Gasteiger partial charge in [-0.15, -0.1) is 11.3 Å². The molecule has 1 aromatic heterocycles. The highest BCUT2D eigenvalue weighted by molar-refractivity contribution is 7.09. The fourth-order valence-corrected chi connectivity index (χ4v) is 5.32. The van der Waals surface area contributed by atoms with Gasteiger partial charge < -0.3 is 15.0 Å². The zero-order valence-electron chi connectivity index (χ0n) is 20.3. The van der Waals surface area contributed by atoms with E-state index in [2.05, 4.69) is 17.2 Å². The molecule has 0 radical (unpaired) electrons. The lowest BCUT2D eigenvalue weighted by molar-refractivity contribution is -0.134. The third-order valence-electron chi connectivity index (χ3n) is 6.54. The summed E-state index contributed by atoms with van der Waals surface area (Å²) in [6.45, 7) is 7.85. The summed E-state index contributed by atoms with van der Waals surface area (Å²) in [7, 11) is 0. The fourth-order valence-electron chi connectivity index (χ4n) is 4.12. The quantitative estimate of drug-likeness (QED) is 0.458. The second-order valence-electron chi connectivity index (χ2n) is 9.01. The normalized spacial score (nSPS) is 14.1. The number of hydrogen-bond donors (Lipinski definition) is 1. The van der Waals surface area contributed by atoms with E-state index >= 15 is 0 Å². The number of carbonyl (C=O) groups excluding carboxylic acids is 2. The summed E-state index contributed by atoms with van der Waals surface area (Å²) in [5.41, 5.74) is 4.85. The molecule has 35 heavy (non-hydrogen) atoms. The predicted molar refractivity (Wildman–Crippen MR) is 139 cm³/mol. The molecule has 184 valence electrons. The van der Waals surface area contributed by atoms with Crippen LogP contribution in [0.3, 0.4) is 0 Å². The van der Waals surface area contributed by atoms with E-state index in [1.54, 1.807) is 0 Å². The molecule has 0 aliphatic carbocycles. The molecule has 1 aliphatic heterocycles. The highest BCUT2D eigenvalue weighted by atomic mass is 35.5. The van der Waals surface area contributed by atoms with Crippen LogP contribution < -0.4 is 10.1 Å². The minimum absolute atomic E-state index is 0.00150. The number of likely N-dealkylation sites (tertiary alicyclic amines) is 1. The van der Waals surface area contributed by atoms with Crippen LogP contribution in [0.25, 0.3) is 0 Å². The minimum Gasteiger partial charge on any atom is -0.484 e. The van der Waals surface area contributed by atoms with Crippen molar-refractivity contribution >= 4 is 34.8 Å². The standard InChI is InChI=1S/C27H30ClN3O3S/c1-17-4-7-23(13-18(17)2)34-15-25(32)31-10-8-20(9-11-31)27-30-24(16-35-27)26(33)29-14-21-5-6-22(28)12-19(21)3/h4-7,12-13,16,20H,8-11,14-15H2,1-3H3,(H,29,33). The first-order valence-corrected chi connectivity index (χ1v) is 13.0. The second kappa shape index (κ2) is 11.2. The van der Waals surface area contributed by atoms with E-state index in [1.165, 1.54) is 16.9 Å². The van der Waals surface area contributed by atoms with Gasteiger partial charge in [0.25, 0.3) is 11.8 Å². The summed E-state index contributed by atoms with van der Waals surface area (Å²) >= 11 is 7.52. The van der Waals surface area contributed by atoms with Gasteiger partial charge >= 0.3 is 0 Å². The number of nitrogens with one attached hydrogen (secondary N) is 1. The van der Waals surface area contributed by atoms with Crippen LogP contribution in [0.5, 0.6) is 5.75 Å². The average Bonchev–Trinajstić information content (AvgIpc) is 3.34. The molecule has 0 bridgehead atoms. The van der Waals surface area contributed by atoms with Crippen LogP contribution in [-0.2, 0) is 11.3 Å². The van der Waals surface area contributed by atoms with Crippen molar-refractivity contribution in [3.63, 3.8) is 0 Å². The van der Waals surface area contributed by atoms with Crippen LogP contribution in [0.4, 0.5) is 0 Å². The number of benzene rings is 2. The SMILES string of the molecule is Cc1ccc(OCC(=O)N2CCC(c3nc(C(=O)NCc4ccc(Cl)cc4C)cs3)CC2)cc1C. The molecule has 0 atom stereocenters. The third kappa shape index (κ3) is 6.41. The van der Waals surface area contributed by atoms with Crippen LogP contribution in [0.1, 0.15) is 56.5 Å². The third-order valence-corrected chi connectivity index (χ3v) is 7.78. The highest BCUT2D eigenvalue weighted by Crippen LogP contribution is 2.30. The molecule has 2 heterocycles.